The van der Waals surface area contributed by atoms with Crippen LogP contribution in [0.5, 0.6) is 0 Å². The summed E-state index contributed by atoms with van der Waals surface area (Å²) in [4.78, 5) is 14.2. The molecule has 1 aliphatic heterocycles. The van der Waals surface area contributed by atoms with Gasteiger partial charge in [-0.15, -0.1) is 10.2 Å². The lowest BCUT2D eigenvalue weighted by Crippen LogP contribution is -2.31. The molecule has 1 fully saturated rings. The largest absolute Gasteiger partial charge is 0.346 e. The van der Waals surface area contributed by atoms with E-state index >= 15 is 0 Å². The molecule has 2 aliphatic rings. The molecule has 1 unspecified atom stereocenters. The standard InChI is InChI=1S/C19H23F2N5O/c1-12(22-19(27)14-2-3-14)18-24-23-17-4-5-25(6-7-26(17)18)11-13-8-15(20)10-16(21)9-13/h8-10,12,14H,2-7,11H2,1H3,(H,22,27). The van der Waals surface area contributed by atoms with Gasteiger partial charge in [0, 0.05) is 44.6 Å². The van der Waals surface area contributed by atoms with Gasteiger partial charge in [-0.05, 0) is 37.5 Å². The first-order valence-corrected chi connectivity index (χ1v) is 9.39. The number of nitrogens with zero attached hydrogens (tertiary/aromatic N) is 4. The minimum Gasteiger partial charge on any atom is -0.346 e. The van der Waals surface area contributed by atoms with Crippen molar-refractivity contribution in [3.8, 4) is 0 Å². The van der Waals surface area contributed by atoms with Gasteiger partial charge in [-0.2, -0.15) is 0 Å². The zero-order chi connectivity index (χ0) is 19.0. The number of nitrogens with one attached hydrogen (secondary N) is 1. The minimum atomic E-state index is -0.556. The van der Waals surface area contributed by atoms with E-state index in [-0.39, 0.29) is 17.9 Å². The lowest BCUT2D eigenvalue weighted by atomic mass is 10.2. The topological polar surface area (TPSA) is 63.1 Å². The van der Waals surface area contributed by atoms with Gasteiger partial charge in [0.15, 0.2) is 5.82 Å². The molecule has 2 heterocycles. The molecule has 6 nitrogen and oxygen atoms in total. The molecule has 0 saturated heterocycles. The Morgan fingerprint density at radius 3 is 2.63 bits per heavy atom. The third-order valence-electron chi connectivity index (χ3n) is 5.17. The predicted octanol–water partition coefficient (Wildman–Crippen LogP) is 2.20. The SMILES string of the molecule is CC(NC(=O)C1CC1)c1nnc2n1CCN(Cc1cc(F)cc(F)c1)CC2. The molecule has 4 rings (SSSR count). The fourth-order valence-electron chi connectivity index (χ4n) is 3.57. The number of carbonyl (C=O) groups excluding carboxylic acids is 1. The maximum absolute atomic E-state index is 13.4. The van der Waals surface area contributed by atoms with E-state index in [1.54, 1.807) is 0 Å². The Labute approximate surface area is 156 Å². The smallest absolute Gasteiger partial charge is 0.223 e. The van der Waals surface area contributed by atoms with E-state index in [4.69, 9.17) is 0 Å². The zero-order valence-electron chi connectivity index (χ0n) is 15.3. The zero-order valence-corrected chi connectivity index (χ0v) is 15.3. The molecule has 0 bridgehead atoms. The summed E-state index contributed by atoms with van der Waals surface area (Å²) < 4.78 is 28.9. The van der Waals surface area contributed by atoms with E-state index in [9.17, 15) is 13.6 Å². The fourth-order valence-corrected chi connectivity index (χ4v) is 3.57. The highest BCUT2D eigenvalue weighted by Gasteiger charge is 2.31. The summed E-state index contributed by atoms with van der Waals surface area (Å²) in [6.45, 7) is 4.55. The Bertz CT molecular complexity index is 828. The Morgan fingerprint density at radius 1 is 1.19 bits per heavy atom. The van der Waals surface area contributed by atoms with Crippen molar-refractivity contribution in [2.75, 3.05) is 13.1 Å². The van der Waals surface area contributed by atoms with E-state index in [1.165, 1.54) is 12.1 Å². The molecule has 2 aromatic rings. The summed E-state index contributed by atoms with van der Waals surface area (Å²) in [5.74, 6) is 0.770. The van der Waals surface area contributed by atoms with E-state index in [1.807, 2.05) is 6.92 Å². The molecule has 0 spiro atoms. The Morgan fingerprint density at radius 2 is 1.93 bits per heavy atom. The summed E-state index contributed by atoms with van der Waals surface area (Å²) in [5.41, 5.74) is 0.621. The molecule has 8 heteroatoms. The Kier molecular flexibility index (Phi) is 4.90. The van der Waals surface area contributed by atoms with Gasteiger partial charge in [-0.3, -0.25) is 9.69 Å². The van der Waals surface area contributed by atoms with Crippen LogP contribution in [0.25, 0.3) is 0 Å². The van der Waals surface area contributed by atoms with Crippen LogP contribution in [0.1, 0.15) is 43.0 Å². The van der Waals surface area contributed by atoms with Gasteiger partial charge < -0.3 is 9.88 Å². The molecule has 0 radical (unpaired) electrons. The van der Waals surface area contributed by atoms with Crippen LogP contribution in [-0.2, 0) is 24.3 Å². The molecular weight excluding hydrogens is 352 g/mol. The number of halogens is 2. The molecule has 1 aromatic carbocycles. The first kappa shape index (κ1) is 18.0. The molecule has 1 saturated carbocycles. The second-order valence-electron chi connectivity index (χ2n) is 7.43. The normalized spacial score (nSPS) is 18.6. The van der Waals surface area contributed by atoms with Gasteiger partial charge in [0.2, 0.25) is 5.91 Å². The molecule has 1 N–H and O–H groups in total. The van der Waals surface area contributed by atoms with Crippen LogP contribution < -0.4 is 5.32 Å². The van der Waals surface area contributed by atoms with Crippen molar-refractivity contribution in [2.45, 2.75) is 45.3 Å². The minimum absolute atomic E-state index is 0.0863. The number of rotatable bonds is 5. The predicted molar refractivity (Wildman–Crippen MR) is 94.6 cm³/mol. The van der Waals surface area contributed by atoms with Gasteiger partial charge in [0.1, 0.15) is 17.5 Å². The van der Waals surface area contributed by atoms with Crippen LogP contribution in [0.4, 0.5) is 8.78 Å². The average molecular weight is 375 g/mol. The summed E-state index contributed by atoms with van der Waals surface area (Å²) in [6.07, 6.45) is 2.63. The van der Waals surface area contributed by atoms with Crippen molar-refractivity contribution >= 4 is 5.91 Å². The number of aromatic nitrogens is 3. The van der Waals surface area contributed by atoms with Crippen LogP contribution in [0.15, 0.2) is 18.2 Å². The maximum Gasteiger partial charge on any atom is 0.223 e. The molecular formula is C19H23F2N5O. The Hall–Kier alpha value is -2.35. The van der Waals surface area contributed by atoms with E-state index in [0.717, 1.165) is 43.6 Å². The van der Waals surface area contributed by atoms with Crippen molar-refractivity contribution in [3.05, 3.63) is 47.0 Å². The van der Waals surface area contributed by atoms with Crippen molar-refractivity contribution in [3.63, 3.8) is 0 Å². The number of hydrogen-bond acceptors (Lipinski definition) is 4. The van der Waals surface area contributed by atoms with Gasteiger partial charge >= 0.3 is 0 Å². The first-order valence-electron chi connectivity index (χ1n) is 9.39. The van der Waals surface area contributed by atoms with E-state index < -0.39 is 11.6 Å². The van der Waals surface area contributed by atoms with Crippen molar-refractivity contribution in [2.24, 2.45) is 5.92 Å². The van der Waals surface area contributed by atoms with E-state index in [0.29, 0.717) is 25.1 Å². The number of amides is 1. The highest BCUT2D eigenvalue weighted by Crippen LogP contribution is 2.29. The molecule has 144 valence electrons. The first-order chi connectivity index (χ1) is 13.0. The third-order valence-corrected chi connectivity index (χ3v) is 5.17. The van der Waals surface area contributed by atoms with Gasteiger partial charge in [-0.25, -0.2) is 8.78 Å². The average Bonchev–Trinajstić information content (AvgIpc) is 3.40. The van der Waals surface area contributed by atoms with Gasteiger partial charge in [0.25, 0.3) is 0 Å². The molecule has 1 aliphatic carbocycles. The number of carbonyl (C=O) groups is 1. The number of benzene rings is 1. The van der Waals surface area contributed by atoms with Crippen LogP contribution in [0.2, 0.25) is 0 Å². The lowest BCUT2D eigenvalue weighted by Gasteiger charge is -2.20. The Balaban J connectivity index is 1.42. The lowest BCUT2D eigenvalue weighted by molar-refractivity contribution is -0.123. The summed E-state index contributed by atoms with van der Waals surface area (Å²) in [5, 5.41) is 11.6. The molecule has 1 aromatic heterocycles. The fraction of sp³-hybridized carbons (Fsp3) is 0.526. The van der Waals surface area contributed by atoms with Gasteiger partial charge in [-0.1, -0.05) is 0 Å². The third kappa shape index (κ3) is 4.16. The van der Waals surface area contributed by atoms with E-state index in [2.05, 4.69) is 25.0 Å². The monoisotopic (exact) mass is 375 g/mol. The van der Waals surface area contributed by atoms with Crippen molar-refractivity contribution < 1.29 is 13.6 Å². The summed E-state index contributed by atoms with van der Waals surface area (Å²) in [7, 11) is 0. The van der Waals surface area contributed by atoms with Crippen LogP contribution in [0.3, 0.4) is 0 Å². The molecule has 1 amide bonds. The van der Waals surface area contributed by atoms with Crippen LogP contribution in [-0.4, -0.2) is 38.7 Å². The second kappa shape index (κ2) is 7.34. The van der Waals surface area contributed by atoms with Crippen LogP contribution in [0, 0.1) is 17.6 Å². The van der Waals surface area contributed by atoms with Gasteiger partial charge in [0.05, 0.1) is 6.04 Å². The molecule has 27 heavy (non-hydrogen) atoms. The summed E-state index contributed by atoms with van der Waals surface area (Å²) in [6, 6.07) is 3.43. The van der Waals surface area contributed by atoms with Crippen LogP contribution >= 0.6 is 0 Å². The number of hydrogen-bond donors (Lipinski definition) is 1. The number of fused-ring (bicyclic) bond motifs is 1. The van der Waals surface area contributed by atoms with Crippen molar-refractivity contribution in [1.82, 2.24) is 25.0 Å². The quantitative estimate of drug-likeness (QED) is 0.870. The summed E-state index contributed by atoms with van der Waals surface area (Å²) >= 11 is 0. The molecule has 1 atom stereocenters. The second-order valence-corrected chi connectivity index (χ2v) is 7.43. The highest BCUT2D eigenvalue weighted by atomic mass is 19.1. The van der Waals surface area contributed by atoms with Crippen molar-refractivity contribution in [1.29, 1.82) is 0 Å². The highest BCUT2D eigenvalue weighted by molar-refractivity contribution is 5.81. The maximum atomic E-state index is 13.4.